The lowest BCUT2D eigenvalue weighted by molar-refractivity contribution is 0.0278. The molecule has 1 fully saturated rings. The van der Waals surface area contributed by atoms with Gasteiger partial charge in [0, 0.05) is 16.5 Å². The van der Waals surface area contributed by atoms with Crippen LogP contribution in [0, 0.1) is 5.92 Å². The van der Waals surface area contributed by atoms with E-state index in [1.807, 2.05) is 6.08 Å². The van der Waals surface area contributed by atoms with Crippen molar-refractivity contribution in [1.82, 2.24) is 4.98 Å². The highest BCUT2D eigenvalue weighted by Crippen LogP contribution is 2.43. The van der Waals surface area contributed by atoms with Crippen molar-refractivity contribution in [2.24, 2.45) is 5.92 Å². The van der Waals surface area contributed by atoms with E-state index in [1.165, 1.54) is 0 Å². The van der Waals surface area contributed by atoms with E-state index in [4.69, 9.17) is 27.9 Å². The molecule has 0 radical (unpaired) electrons. The van der Waals surface area contributed by atoms with Crippen LogP contribution in [0.4, 0.5) is 0 Å². The van der Waals surface area contributed by atoms with Gasteiger partial charge in [0.2, 0.25) is 0 Å². The van der Waals surface area contributed by atoms with Gasteiger partial charge in [0.15, 0.2) is 0 Å². The van der Waals surface area contributed by atoms with Gasteiger partial charge in [-0.3, -0.25) is 0 Å². The summed E-state index contributed by atoms with van der Waals surface area (Å²) in [6, 6.07) is 1.72. The zero-order valence-corrected chi connectivity index (χ0v) is 12.6. The minimum atomic E-state index is 0.206. The zero-order chi connectivity index (χ0) is 13.6. The molecule has 3 rings (SSSR count). The highest BCUT2D eigenvalue weighted by Gasteiger charge is 2.38. The molecule has 2 aliphatic rings. The van der Waals surface area contributed by atoms with Crippen molar-refractivity contribution < 1.29 is 4.74 Å². The van der Waals surface area contributed by atoms with E-state index in [2.05, 4.69) is 24.9 Å². The first kappa shape index (κ1) is 13.4. The average Bonchev–Trinajstić information content (AvgIpc) is 2.92. The molecular formula is C15H17Cl2NO. The molecule has 0 spiro atoms. The summed E-state index contributed by atoms with van der Waals surface area (Å²) in [6.45, 7) is 4.44. The molecule has 1 aromatic heterocycles. The van der Waals surface area contributed by atoms with Gasteiger partial charge in [-0.15, -0.1) is 0 Å². The predicted octanol–water partition coefficient (Wildman–Crippen LogP) is 4.70. The number of ether oxygens (including phenoxy) is 1. The minimum Gasteiger partial charge on any atom is -0.374 e. The first-order valence-electron chi connectivity index (χ1n) is 6.79. The second-order valence-electron chi connectivity index (χ2n) is 5.44. The minimum absolute atomic E-state index is 0.206. The maximum Gasteiger partial charge on any atom is 0.131 e. The molecule has 1 aliphatic carbocycles. The van der Waals surface area contributed by atoms with Gasteiger partial charge in [0.1, 0.15) is 5.15 Å². The third-order valence-corrected chi connectivity index (χ3v) is 4.70. The van der Waals surface area contributed by atoms with Gasteiger partial charge in [0.25, 0.3) is 0 Å². The molecule has 2 nitrogen and oxygen atoms in total. The van der Waals surface area contributed by atoms with Gasteiger partial charge >= 0.3 is 0 Å². The van der Waals surface area contributed by atoms with Gasteiger partial charge in [0.05, 0.1) is 17.9 Å². The molecule has 0 aromatic carbocycles. The fourth-order valence-electron chi connectivity index (χ4n) is 3.23. The summed E-state index contributed by atoms with van der Waals surface area (Å²) >= 11 is 12.3. The smallest absolute Gasteiger partial charge is 0.131 e. The van der Waals surface area contributed by atoms with Crippen molar-refractivity contribution in [2.45, 2.75) is 44.8 Å². The van der Waals surface area contributed by atoms with Crippen LogP contribution in [-0.2, 0) is 4.74 Å². The van der Waals surface area contributed by atoms with Crippen molar-refractivity contribution in [1.29, 1.82) is 0 Å². The molecule has 102 valence electrons. The summed E-state index contributed by atoms with van der Waals surface area (Å²) in [7, 11) is 0. The second-order valence-corrected chi connectivity index (χ2v) is 6.24. The Balaban J connectivity index is 1.90. The Labute approximate surface area is 123 Å². The van der Waals surface area contributed by atoms with Crippen LogP contribution in [0.25, 0.3) is 6.08 Å². The van der Waals surface area contributed by atoms with Crippen LogP contribution in [-0.4, -0.2) is 17.2 Å². The molecule has 1 aromatic rings. The summed E-state index contributed by atoms with van der Waals surface area (Å²) in [5, 5.41) is 1.14. The normalized spacial score (nSPS) is 32.8. The molecule has 19 heavy (non-hydrogen) atoms. The Kier molecular flexibility index (Phi) is 3.59. The van der Waals surface area contributed by atoms with E-state index < -0.39 is 0 Å². The Morgan fingerprint density at radius 2 is 2.21 bits per heavy atom. The third-order valence-electron chi connectivity index (χ3n) is 4.19. The van der Waals surface area contributed by atoms with Crippen LogP contribution in [0.3, 0.4) is 0 Å². The molecule has 4 heteroatoms. The molecular weight excluding hydrogens is 281 g/mol. The zero-order valence-electron chi connectivity index (χ0n) is 11.1. The number of nitrogens with zero attached hydrogens (tertiary/aromatic N) is 1. The number of rotatable bonds is 2. The summed E-state index contributed by atoms with van der Waals surface area (Å²) in [6.07, 6.45) is 6.86. The maximum absolute atomic E-state index is 6.33. The van der Waals surface area contributed by atoms with E-state index in [9.17, 15) is 0 Å². The van der Waals surface area contributed by atoms with E-state index in [0.717, 1.165) is 24.1 Å². The van der Waals surface area contributed by atoms with Crippen LogP contribution in [0.15, 0.2) is 12.1 Å². The molecule has 0 bridgehead atoms. The number of fused-ring (bicyclic) bond motifs is 1. The van der Waals surface area contributed by atoms with Gasteiger partial charge < -0.3 is 4.74 Å². The largest absolute Gasteiger partial charge is 0.374 e. The van der Waals surface area contributed by atoms with Crippen LogP contribution in [0.5, 0.6) is 0 Å². The number of hydrogen-bond donors (Lipinski definition) is 0. The van der Waals surface area contributed by atoms with Crippen molar-refractivity contribution in [3.05, 3.63) is 33.6 Å². The van der Waals surface area contributed by atoms with Crippen molar-refractivity contribution in [3.63, 3.8) is 0 Å². The number of pyridine rings is 1. The fourth-order valence-corrected chi connectivity index (χ4v) is 3.81. The first-order chi connectivity index (χ1) is 9.10. The highest BCUT2D eigenvalue weighted by atomic mass is 35.5. The monoisotopic (exact) mass is 297 g/mol. The SMILES string of the molecule is CC[C@H]1O[C@@H](C2C=Cc3nc(Cl)cc(Cl)c32)C[C@H]1C. The topological polar surface area (TPSA) is 22.1 Å². The van der Waals surface area contributed by atoms with Gasteiger partial charge in [-0.05, 0) is 30.9 Å². The predicted molar refractivity (Wildman–Crippen MR) is 78.8 cm³/mol. The van der Waals surface area contributed by atoms with Crippen LogP contribution in [0.1, 0.15) is 43.9 Å². The standard InChI is InChI=1S/C15H17Cl2NO/c1-3-12-8(2)6-13(19-12)9-4-5-11-15(9)10(16)7-14(17)18-11/h4-5,7-9,12-13H,3,6H2,1-2H3/t8-,9?,12-,13-/m1/s1. The first-order valence-corrected chi connectivity index (χ1v) is 7.55. The van der Waals surface area contributed by atoms with E-state index in [0.29, 0.717) is 22.2 Å². The second kappa shape index (κ2) is 5.08. The van der Waals surface area contributed by atoms with Crippen molar-refractivity contribution in [3.8, 4) is 0 Å². The average molecular weight is 298 g/mol. The maximum atomic E-state index is 6.33. The van der Waals surface area contributed by atoms with Crippen molar-refractivity contribution >= 4 is 29.3 Å². The lowest BCUT2D eigenvalue weighted by atomic mass is 9.91. The molecule has 1 saturated heterocycles. The Morgan fingerprint density at radius 1 is 1.42 bits per heavy atom. The van der Waals surface area contributed by atoms with E-state index >= 15 is 0 Å². The summed E-state index contributed by atoms with van der Waals surface area (Å²) in [5.74, 6) is 0.817. The van der Waals surface area contributed by atoms with E-state index in [1.54, 1.807) is 6.07 Å². The number of hydrogen-bond acceptors (Lipinski definition) is 2. The van der Waals surface area contributed by atoms with E-state index in [-0.39, 0.29) is 12.0 Å². The Bertz CT molecular complexity index is 529. The molecule has 2 heterocycles. The molecule has 4 atom stereocenters. The molecule has 0 amide bonds. The fraction of sp³-hybridized carbons (Fsp3) is 0.533. The molecule has 1 unspecified atom stereocenters. The third kappa shape index (κ3) is 2.31. The number of halogens is 2. The Hall–Kier alpha value is -0.570. The van der Waals surface area contributed by atoms with Gasteiger partial charge in [-0.1, -0.05) is 43.1 Å². The quantitative estimate of drug-likeness (QED) is 0.738. The van der Waals surface area contributed by atoms with Gasteiger partial charge in [-0.25, -0.2) is 4.98 Å². The number of aromatic nitrogens is 1. The van der Waals surface area contributed by atoms with Crippen LogP contribution >= 0.6 is 23.2 Å². The Morgan fingerprint density at radius 3 is 2.89 bits per heavy atom. The molecule has 0 saturated carbocycles. The summed E-state index contributed by atoms with van der Waals surface area (Å²) in [5.41, 5.74) is 1.96. The van der Waals surface area contributed by atoms with Crippen LogP contribution in [0.2, 0.25) is 10.2 Å². The van der Waals surface area contributed by atoms with Gasteiger partial charge in [-0.2, -0.15) is 0 Å². The summed E-state index contributed by atoms with van der Waals surface area (Å²) < 4.78 is 6.18. The molecule has 0 N–H and O–H groups in total. The molecule has 1 aliphatic heterocycles. The lowest BCUT2D eigenvalue weighted by Crippen LogP contribution is -2.18. The highest BCUT2D eigenvalue weighted by molar-refractivity contribution is 6.34. The summed E-state index contributed by atoms with van der Waals surface area (Å²) in [4.78, 5) is 4.33. The lowest BCUT2D eigenvalue weighted by Gasteiger charge is -2.20. The van der Waals surface area contributed by atoms with Crippen molar-refractivity contribution in [2.75, 3.05) is 0 Å². The van der Waals surface area contributed by atoms with Crippen LogP contribution < -0.4 is 0 Å².